The molecular weight excluding hydrogens is 436 g/mol. The molecule has 0 aliphatic rings. The van der Waals surface area contributed by atoms with E-state index in [0.717, 1.165) is 16.4 Å². The second kappa shape index (κ2) is 9.57. The van der Waals surface area contributed by atoms with Gasteiger partial charge in [0, 0.05) is 23.6 Å². The predicted molar refractivity (Wildman–Crippen MR) is 144 cm³/mol. The van der Waals surface area contributed by atoms with Crippen molar-refractivity contribution in [1.82, 2.24) is 4.98 Å². The van der Waals surface area contributed by atoms with Crippen LogP contribution >= 0.6 is 0 Å². The molecule has 1 heterocycles. The van der Waals surface area contributed by atoms with Gasteiger partial charge in [0.15, 0.2) is 8.07 Å². The molecule has 0 saturated heterocycles. The maximum Gasteiger partial charge on any atom is 0.269 e. The monoisotopic (exact) mass is 464 g/mol. The highest BCUT2D eigenvalue weighted by molar-refractivity contribution is 7.13. The van der Waals surface area contributed by atoms with Gasteiger partial charge in [0.2, 0.25) is 0 Å². The Hall–Kier alpha value is -3.83. The smallest absolute Gasteiger partial charge is 0.265 e. The quantitative estimate of drug-likeness (QED) is 0.165. The number of nitro benzene ring substituents is 1. The lowest BCUT2D eigenvalue weighted by atomic mass is 10.1. The zero-order chi connectivity index (χ0) is 24.2. The summed E-state index contributed by atoms with van der Waals surface area (Å²) in [7, 11) is -2.58. The Morgan fingerprint density at radius 1 is 0.794 bits per heavy atom. The molecule has 5 heteroatoms. The zero-order valence-corrected chi connectivity index (χ0v) is 20.7. The van der Waals surface area contributed by atoms with Crippen LogP contribution in [0.15, 0.2) is 103 Å². The van der Waals surface area contributed by atoms with Crippen molar-refractivity contribution in [2.45, 2.75) is 25.8 Å². The van der Waals surface area contributed by atoms with E-state index in [4.69, 9.17) is 4.98 Å². The lowest BCUT2D eigenvalue weighted by molar-refractivity contribution is -0.384. The van der Waals surface area contributed by atoms with E-state index < -0.39 is 8.07 Å². The van der Waals surface area contributed by atoms with Crippen molar-refractivity contribution in [2.75, 3.05) is 0 Å². The fourth-order valence-electron chi connectivity index (χ4n) is 4.81. The minimum Gasteiger partial charge on any atom is -0.265 e. The number of nitro groups is 1. The number of nitrogens with zero attached hydrogens (tertiary/aromatic N) is 2. The van der Waals surface area contributed by atoms with E-state index in [1.54, 1.807) is 12.1 Å². The fraction of sp³-hybridized carbons (Fsp3) is 0.138. The third-order valence-corrected chi connectivity index (χ3v) is 12.1. The summed E-state index contributed by atoms with van der Waals surface area (Å²) in [5, 5.41) is 14.7. The van der Waals surface area contributed by atoms with Crippen LogP contribution in [-0.4, -0.2) is 18.0 Å². The average Bonchev–Trinajstić information content (AvgIpc) is 2.84. The minimum atomic E-state index is -2.58. The van der Waals surface area contributed by atoms with E-state index in [9.17, 15) is 10.1 Å². The van der Waals surface area contributed by atoms with Crippen molar-refractivity contribution in [1.29, 1.82) is 0 Å². The Bertz CT molecular complexity index is 1260. The molecule has 4 nitrogen and oxygen atoms in total. The van der Waals surface area contributed by atoms with Crippen molar-refractivity contribution in [2.24, 2.45) is 0 Å². The molecule has 0 fully saturated rings. The zero-order valence-electron chi connectivity index (χ0n) is 19.7. The molecule has 1 atom stereocenters. The largest absolute Gasteiger partial charge is 0.269 e. The normalized spacial score (nSPS) is 13.5. The van der Waals surface area contributed by atoms with E-state index in [0.29, 0.717) is 0 Å². The molecule has 0 saturated carbocycles. The molecule has 170 valence electrons. The van der Waals surface area contributed by atoms with Gasteiger partial charge in [-0.25, -0.2) is 0 Å². The summed E-state index contributed by atoms with van der Waals surface area (Å²) < 4.78 is 0. The average molecular weight is 465 g/mol. The third kappa shape index (κ3) is 4.35. The molecule has 0 N–H and O–H groups in total. The van der Waals surface area contributed by atoms with Crippen molar-refractivity contribution >= 4 is 41.6 Å². The van der Waals surface area contributed by atoms with E-state index in [1.807, 2.05) is 18.3 Å². The maximum absolute atomic E-state index is 11.0. The molecule has 1 aromatic heterocycles. The number of pyridine rings is 1. The first-order valence-electron chi connectivity index (χ1n) is 11.3. The number of benzene rings is 3. The topological polar surface area (TPSA) is 56.0 Å². The van der Waals surface area contributed by atoms with Gasteiger partial charge in [0.25, 0.3) is 5.69 Å². The molecule has 0 unspecified atom stereocenters. The van der Waals surface area contributed by atoms with Gasteiger partial charge in [-0.1, -0.05) is 93.6 Å². The van der Waals surface area contributed by atoms with Gasteiger partial charge in [0.05, 0.1) is 4.92 Å². The van der Waals surface area contributed by atoms with E-state index in [1.165, 1.54) is 22.5 Å². The molecule has 0 aliphatic carbocycles. The molecule has 0 aliphatic heterocycles. The number of rotatable bonds is 6. The highest BCUT2D eigenvalue weighted by atomic mass is 28.3. The second-order valence-corrected chi connectivity index (χ2v) is 14.0. The van der Waals surface area contributed by atoms with E-state index in [-0.39, 0.29) is 15.6 Å². The van der Waals surface area contributed by atoms with Gasteiger partial charge in [0.1, 0.15) is 0 Å². The molecule has 4 aromatic rings. The SMILES string of the molecule is CC(C)(C)[Si@@](c1ccccc1)(c1ccccn1)c1ccccc1/C=C/c1ccc([N+](=O)[O-])cc1. The number of hydrogen-bond acceptors (Lipinski definition) is 3. The molecule has 0 bridgehead atoms. The van der Waals surface area contributed by atoms with Crippen LogP contribution in [0.3, 0.4) is 0 Å². The Labute approximate surface area is 201 Å². The summed E-state index contributed by atoms with van der Waals surface area (Å²) in [5.41, 5.74) is 2.15. The highest BCUT2D eigenvalue weighted by Crippen LogP contribution is 2.36. The van der Waals surface area contributed by atoms with Gasteiger partial charge in [-0.2, -0.15) is 0 Å². The molecule has 4 rings (SSSR count). The van der Waals surface area contributed by atoms with Crippen LogP contribution in [0.1, 0.15) is 31.9 Å². The van der Waals surface area contributed by atoms with Crippen molar-refractivity contribution < 1.29 is 4.92 Å². The lowest BCUT2D eigenvalue weighted by Gasteiger charge is -2.44. The summed E-state index contributed by atoms with van der Waals surface area (Å²) in [6.07, 6.45) is 6.03. The predicted octanol–water partition coefficient (Wildman–Crippen LogP) is 5.43. The summed E-state index contributed by atoms with van der Waals surface area (Å²) in [5.74, 6) is 0. The summed E-state index contributed by atoms with van der Waals surface area (Å²) in [6.45, 7) is 6.95. The maximum atomic E-state index is 11.0. The Morgan fingerprint density at radius 2 is 1.44 bits per heavy atom. The van der Waals surface area contributed by atoms with Gasteiger partial charge >= 0.3 is 0 Å². The molecule has 3 aromatic carbocycles. The highest BCUT2D eigenvalue weighted by Gasteiger charge is 2.51. The van der Waals surface area contributed by atoms with Crippen molar-refractivity contribution in [3.8, 4) is 0 Å². The molecule has 0 spiro atoms. The molecule has 0 radical (unpaired) electrons. The molecule has 0 amide bonds. The van der Waals surface area contributed by atoms with Crippen LogP contribution in [0.25, 0.3) is 12.2 Å². The third-order valence-electron chi connectivity index (χ3n) is 6.30. The van der Waals surface area contributed by atoms with Gasteiger partial charge in [-0.15, -0.1) is 0 Å². The van der Waals surface area contributed by atoms with E-state index in [2.05, 4.69) is 93.6 Å². The fourth-order valence-corrected chi connectivity index (χ4v) is 10.4. The lowest BCUT2D eigenvalue weighted by Crippen LogP contribution is -2.73. The summed E-state index contributed by atoms with van der Waals surface area (Å²) in [4.78, 5) is 15.5. The van der Waals surface area contributed by atoms with Crippen LogP contribution in [0.2, 0.25) is 5.04 Å². The number of aromatic nitrogens is 1. The van der Waals surface area contributed by atoms with Crippen molar-refractivity contribution in [3.63, 3.8) is 0 Å². The molecular formula is C29H28N2O2Si. The first-order chi connectivity index (χ1) is 16.3. The van der Waals surface area contributed by atoms with Gasteiger partial charge in [-0.05, 0) is 50.8 Å². The minimum absolute atomic E-state index is 0.0694. The van der Waals surface area contributed by atoms with Crippen LogP contribution in [0, 0.1) is 10.1 Å². The van der Waals surface area contributed by atoms with Crippen molar-refractivity contribution in [3.05, 3.63) is 124 Å². The number of non-ortho nitro benzene ring substituents is 1. The summed E-state index contributed by atoms with van der Waals surface area (Å²) >= 11 is 0. The first kappa shape index (κ1) is 23.3. The first-order valence-corrected chi connectivity index (χ1v) is 13.3. The van der Waals surface area contributed by atoms with Crippen LogP contribution in [0.4, 0.5) is 5.69 Å². The standard InChI is InChI=1S/C29H28N2O2Si/c1-29(2,3)34(26-12-5-4-6-13-26,28-15-9-10-22-30-28)27-14-8-7-11-24(27)19-16-23-17-20-25(21-18-23)31(32)33/h4-22H,1-3H3/b19-16+/t34-/m1/s1. The van der Waals surface area contributed by atoms with Gasteiger partial charge in [-0.3, -0.25) is 15.1 Å². The van der Waals surface area contributed by atoms with Crippen LogP contribution in [-0.2, 0) is 0 Å². The molecule has 34 heavy (non-hydrogen) atoms. The van der Waals surface area contributed by atoms with Crippen LogP contribution in [0.5, 0.6) is 0 Å². The van der Waals surface area contributed by atoms with E-state index >= 15 is 0 Å². The van der Waals surface area contributed by atoms with Gasteiger partial charge < -0.3 is 0 Å². The number of hydrogen-bond donors (Lipinski definition) is 0. The Morgan fingerprint density at radius 3 is 2.06 bits per heavy atom. The Balaban J connectivity index is 1.93. The van der Waals surface area contributed by atoms with Crippen LogP contribution < -0.4 is 15.7 Å². The second-order valence-electron chi connectivity index (χ2n) is 9.35. The summed E-state index contributed by atoms with van der Waals surface area (Å²) in [6, 6.07) is 32.2. The Kier molecular flexibility index (Phi) is 6.57.